The Hall–Kier alpha value is -2.56. The molecule has 0 aliphatic rings. The van der Waals surface area contributed by atoms with Crippen molar-refractivity contribution in [2.24, 2.45) is 5.92 Å². The lowest BCUT2D eigenvalue weighted by atomic mass is 9.97. The zero-order chi connectivity index (χ0) is 21.4. The van der Waals surface area contributed by atoms with Crippen LogP contribution in [0.25, 0.3) is 0 Å². The summed E-state index contributed by atoms with van der Waals surface area (Å²) in [6.45, 7) is 8.70. The van der Waals surface area contributed by atoms with E-state index in [-0.39, 0.29) is 11.7 Å². The van der Waals surface area contributed by atoms with Crippen LogP contribution in [0.2, 0.25) is 0 Å². The van der Waals surface area contributed by atoms with Gasteiger partial charge in [-0.25, -0.2) is 13.1 Å². The minimum atomic E-state index is -3.63. The highest BCUT2D eigenvalue weighted by molar-refractivity contribution is 7.88. The molecule has 6 nitrogen and oxygen atoms in total. The molecule has 1 N–H and O–H groups in total. The number of hydrogen-bond donors (Lipinski definition) is 1. The van der Waals surface area contributed by atoms with Crippen molar-refractivity contribution in [2.45, 2.75) is 39.5 Å². The minimum Gasteiger partial charge on any atom is -0.490 e. The summed E-state index contributed by atoms with van der Waals surface area (Å²) in [4.78, 5) is 0. The van der Waals surface area contributed by atoms with Gasteiger partial charge in [-0.05, 0) is 55.2 Å². The molecule has 0 aliphatic heterocycles. The van der Waals surface area contributed by atoms with E-state index in [0.717, 1.165) is 5.56 Å². The Labute approximate surface area is 173 Å². The largest absolute Gasteiger partial charge is 0.490 e. The molecule has 156 valence electrons. The van der Waals surface area contributed by atoms with E-state index in [2.05, 4.69) is 4.72 Å². The number of benzene rings is 2. The highest BCUT2D eigenvalue weighted by Crippen LogP contribution is 2.33. The van der Waals surface area contributed by atoms with Crippen molar-refractivity contribution in [3.8, 4) is 17.6 Å². The summed E-state index contributed by atoms with van der Waals surface area (Å²) >= 11 is 0. The van der Waals surface area contributed by atoms with Gasteiger partial charge in [0.25, 0.3) is 0 Å². The predicted molar refractivity (Wildman–Crippen MR) is 113 cm³/mol. The summed E-state index contributed by atoms with van der Waals surface area (Å²) < 4.78 is 39.7. The second-order valence-corrected chi connectivity index (χ2v) is 8.74. The van der Waals surface area contributed by atoms with Gasteiger partial charge in [-0.15, -0.1) is 0 Å². The molecule has 0 radical (unpaired) electrons. The van der Waals surface area contributed by atoms with Crippen LogP contribution < -0.4 is 14.2 Å². The molecule has 2 aromatic rings. The molecule has 1 atom stereocenters. The van der Waals surface area contributed by atoms with Gasteiger partial charge in [0.15, 0.2) is 11.5 Å². The van der Waals surface area contributed by atoms with Crippen molar-refractivity contribution in [1.82, 2.24) is 4.72 Å². The zero-order valence-corrected chi connectivity index (χ0v) is 18.1. The minimum absolute atomic E-state index is 0.0163. The predicted octanol–water partition coefficient (Wildman–Crippen LogP) is 4.17. The molecule has 0 aliphatic carbocycles. The van der Waals surface area contributed by atoms with E-state index >= 15 is 0 Å². The highest BCUT2D eigenvalue weighted by atomic mass is 32.2. The summed E-state index contributed by atoms with van der Waals surface area (Å²) in [7, 11) is -3.63. The first kappa shape index (κ1) is 22.7. The molecule has 29 heavy (non-hydrogen) atoms. The molecule has 2 rings (SSSR count). The van der Waals surface area contributed by atoms with Gasteiger partial charge in [-0.1, -0.05) is 32.0 Å². The molecular weight excluding hydrogens is 388 g/mol. The van der Waals surface area contributed by atoms with Crippen molar-refractivity contribution in [2.75, 3.05) is 13.2 Å². The fourth-order valence-corrected chi connectivity index (χ4v) is 4.53. The average molecular weight is 417 g/mol. The molecule has 0 spiro atoms. The third-order valence-electron chi connectivity index (χ3n) is 4.31. The summed E-state index contributed by atoms with van der Waals surface area (Å²) in [5, 5.41) is 9.02. The van der Waals surface area contributed by atoms with E-state index in [9.17, 15) is 8.42 Å². The Kier molecular flexibility index (Phi) is 8.06. The molecule has 0 amide bonds. The van der Waals surface area contributed by atoms with Gasteiger partial charge in [-0.3, -0.25) is 0 Å². The van der Waals surface area contributed by atoms with Crippen molar-refractivity contribution < 1.29 is 17.9 Å². The molecule has 0 saturated heterocycles. The van der Waals surface area contributed by atoms with Gasteiger partial charge in [0.05, 0.1) is 30.6 Å². The van der Waals surface area contributed by atoms with Gasteiger partial charge < -0.3 is 9.47 Å². The van der Waals surface area contributed by atoms with E-state index in [1.807, 2.05) is 52.0 Å². The first-order valence-electron chi connectivity index (χ1n) is 9.68. The average Bonchev–Trinajstić information content (AvgIpc) is 2.67. The molecule has 0 heterocycles. The second-order valence-electron chi connectivity index (χ2n) is 6.98. The molecule has 0 bridgehead atoms. The quantitative estimate of drug-likeness (QED) is 0.628. The van der Waals surface area contributed by atoms with Crippen molar-refractivity contribution in [3.63, 3.8) is 0 Å². The fraction of sp³-hybridized carbons (Fsp3) is 0.409. The molecule has 7 heteroatoms. The summed E-state index contributed by atoms with van der Waals surface area (Å²) in [6.07, 6.45) is 0. The first-order valence-corrected chi connectivity index (χ1v) is 11.3. The number of nitrogens with zero attached hydrogens (tertiary/aromatic N) is 1. The third kappa shape index (κ3) is 6.48. The van der Waals surface area contributed by atoms with Gasteiger partial charge in [-0.2, -0.15) is 5.26 Å². The monoisotopic (exact) mass is 416 g/mol. The van der Waals surface area contributed by atoms with Crippen LogP contribution in [0.3, 0.4) is 0 Å². The maximum Gasteiger partial charge on any atom is 0.216 e. The molecule has 0 aromatic heterocycles. The van der Waals surface area contributed by atoms with Gasteiger partial charge in [0.1, 0.15) is 0 Å². The van der Waals surface area contributed by atoms with Gasteiger partial charge in [0, 0.05) is 6.04 Å². The van der Waals surface area contributed by atoms with E-state index < -0.39 is 16.1 Å². The third-order valence-corrected chi connectivity index (χ3v) is 5.64. The van der Waals surface area contributed by atoms with Gasteiger partial charge >= 0.3 is 0 Å². The number of rotatable bonds is 10. The Morgan fingerprint density at radius 3 is 2.34 bits per heavy atom. The molecule has 1 unspecified atom stereocenters. The number of sulfonamides is 1. The molecule has 2 aromatic carbocycles. The molecule has 0 saturated carbocycles. The number of ether oxygens (including phenoxy) is 2. The normalized spacial score (nSPS) is 12.4. The smallest absolute Gasteiger partial charge is 0.216 e. The van der Waals surface area contributed by atoms with Crippen LogP contribution >= 0.6 is 0 Å². The van der Waals surface area contributed by atoms with Crippen LogP contribution in [-0.4, -0.2) is 21.6 Å². The Morgan fingerprint density at radius 1 is 1.03 bits per heavy atom. The lowest BCUT2D eigenvalue weighted by Gasteiger charge is -2.24. The highest BCUT2D eigenvalue weighted by Gasteiger charge is 2.24. The Bertz CT molecular complexity index is 965. The van der Waals surface area contributed by atoms with Crippen LogP contribution in [0.15, 0.2) is 42.5 Å². The fourth-order valence-electron chi connectivity index (χ4n) is 3.04. The second kappa shape index (κ2) is 10.3. The van der Waals surface area contributed by atoms with Crippen molar-refractivity contribution in [1.29, 1.82) is 5.26 Å². The first-order chi connectivity index (χ1) is 13.8. The number of nitriles is 1. The maximum atomic E-state index is 12.8. The Balaban J connectivity index is 2.29. The van der Waals surface area contributed by atoms with Crippen LogP contribution in [0.4, 0.5) is 0 Å². The van der Waals surface area contributed by atoms with E-state index in [0.29, 0.717) is 35.8 Å². The van der Waals surface area contributed by atoms with Crippen LogP contribution in [-0.2, 0) is 15.8 Å². The van der Waals surface area contributed by atoms with E-state index in [4.69, 9.17) is 14.7 Å². The van der Waals surface area contributed by atoms with Crippen LogP contribution in [0, 0.1) is 17.2 Å². The van der Waals surface area contributed by atoms with Crippen molar-refractivity contribution in [3.05, 3.63) is 59.2 Å². The van der Waals surface area contributed by atoms with Gasteiger partial charge in [0.2, 0.25) is 10.0 Å². The maximum absolute atomic E-state index is 12.8. The SMILES string of the molecule is CCOc1ccc(C(NS(=O)(=O)Cc2cccc(C#N)c2)C(C)C)cc1OCC. The topological polar surface area (TPSA) is 88.4 Å². The number of nitrogens with one attached hydrogen (secondary N) is 1. The zero-order valence-electron chi connectivity index (χ0n) is 17.3. The van der Waals surface area contributed by atoms with Crippen molar-refractivity contribution >= 4 is 10.0 Å². The summed E-state index contributed by atoms with van der Waals surface area (Å²) in [5.74, 6) is 1.05. The van der Waals surface area contributed by atoms with E-state index in [1.54, 1.807) is 24.3 Å². The number of hydrogen-bond acceptors (Lipinski definition) is 5. The van der Waals surface area contributed by atoms with Crippen LogP contribution in [0.5, 0.6) is 11.5 Å². The standard InChI is InChI=1S/C22H28N2O4S/c1-5-27-20-11-10-19(13-21(20)28-6-2)22(16(3)4)24-29(25,26)15-18-9-7-8-17(12-18)14-23/h7-13,16,22,24H,5-6,15H2,1-4H3. The Morgan fingerprint density at radius 2 is 1.72 bits per heavy atom. The summed E-state index contributed by atoms with van der Waals surface area (Å²) in [6, 6.07) is 13.7. The summed E-state index contributed by atoms with van der Waals surface area (Å²) in [5.41, 5.74) is 1.81. The lowest BCUT2D eigenvalue weighted by Crippen LogP contribution is -2.32. The molecule has 0 fully saturated rings. The lowest BCUT2D eigenvalue weighted by molar-refractivity contribution is 0.287. The van der Waals surface area contributed by atoms with E-state index in [1.165, 1.54) is 0 Å². The van der Waals surface area contributed by atoms with Crippen LogP contribution in [0.1, 0.15) is 50.4 Å². The molecular formula is C22H28N2O4S.